The number of pyridine rings is 1. The Hall–Kier alpha value is -3.79. The lowest BCUT2D eigenvalue weighted by molar-refractivity contribution is -0.139. The summed E-state index contributed by atoms with van der Waals surface area (Å²) in [4.78, 5) is 20.5. The summed E-state index contributed by atoms with van der Waals surface area (Å²) in [7, 11) is 0. The van der Waals surface area contributed by atoms with E-state index in [-0.39, 0.29) is 29.4 Å². The van der Waals surface area contributed by atoms with Gasteiger partial charge in [0.25, 0.3) is 0 Å². The average Bonchev–Trinajstić information content (AvgIpc) is 2.94. The van der Waals surface area contributed by atoms with Crippen LogP contribution in [0.2, 0.25) is 0 Å². The molecular weight excluding hydrogens is 522 g/mol. The van der Waals surface area contributed by atoms with Crippen LogP contribution in [0.15, 0.2) is 58.1 Å². The monoisotopic (exact) mass is 557 g/mol. The molecule has 0 radical (unpaired) electrons. The van der Waals surface area contributed by atoms with Gasteiger partial charge in [0, 0.05) is 31.2 Å². The van der Waals surface area contributed by atoms with E-state index >= 15 is 0 Å². The highest BCUT2D eigenvalue weighted by atomic mass is 32.2. The van der Waals surface area contributed by atoms with Crippen molar-refractivity contribution < 1.29 is 14.3 Å². The van der Waals surface area contributed by atoms with E-state index in [1.165, 1.54) is 11.8 Å². The number of carbonyl (C=O) groups is 1. The summed E-state index contributed by atoms with van der Waals surface area (Å²) in [5.74, 6) is -0.525. The molecule has 8 nitrogen and oxygen atoms in total. The molecule has 4 rings (SSSR count). The smallest absolute Gasteiger partial charge is 0.338 e. The molecule has 1 unspecified atom stereocenters. The summed E-state index contributed by atoms with van der Waals surface area (Å²) >= 11 is 1.31. The maximum atomic E-state index is 13.3. The van der Waals surface area contributed by atoms with Crippen molar-refractivity contribution in [2.45, 2.75) is 70.5 Å². The molecule has 0 spiro atoms. The Morgan fingerprint density at radius 1 is 1.23 bits per heavy atom. The molecule has 1 atom stereocenters. The molecule has 0 bridgehead atoms. The van der Waals surface area contributed by atoms with Crippen molar-refractivity contribution in [3.63, 3.8) is 0 Å². The van der Waals surface area contributed by atoms with Gasteiger partial charge < -0.3 is 15.2 Å². The minimum Gasteiger partial charge on any atom is -0.463 e. The van der Waals surface area contributed by atoms with E-state index in [1.807, 2.05) is 30.3 Å². The van der Waals surface area contributed by atoms with Gasteiger partial charge in [0.1, 0.15) is 28.5 Å². The summed E-state index contributed by atoms with van der Waals surface area (Å²) in [6.45, 7) is 12.1. The topological polar surface area (TPSA) is 125 Å². The molecule has 0 saturated heterocycles. The van der Waals surface area contributed by atoms with Gasteiger partial charge in [0.15, 0.2) is 0 Å². The van der Waals surface area contributed by atoms with Crippen LogP contribution in [-0.4, -0.2) is 40.8 Å². The van der Waals surface area contributed by atoms with E-state index < -0.39 is 11.9 Å². The number of carbonyl (C=O) groups excluding carboxylic acids is 1. The summed E-state index contributed by atoms with van der Waals surface area (Å²) in [5, 5.41) is 20.5. The van der Waals surface area contributed by atoms with Crippen LogP contribution >= 0.6 is 11.8 Å². The number of allylic oxidation sites excluding steroid dienone is 1. The first kappa shape index (κ1) is 29.2. The van der Waals surface area contributed by atoms with E-state index in [9.17, 15) is 15.3 Å². The molecule has 0 fully saturated rings. The number of nitrogens with two attached hydrogens (primary N) is 1. The number of ether oxygens (including phenoxy) is 2. The largest absolute Gasteiger partial charge is 0.463 e. The second kappa shape index (κ2) is 12.6. The minimum atomic E-state index is -0.733. The lowest BCUT2D eigenvalue weighted by Gasteiger charge is -2.31. The van der Waals surface area contributed by atoms with E-state index in [1.54, 1.807) is 6.92 Å². The Balaban J connectivity index is 1.72. The van der Waals surface area contributed by atoms with E-state index in [2.05, 4.69) is 44.7 Å². The molecular formula is C31H35N5O3S. The molecule has 0 saturated carbocycles. The minimum absolute atomic E-state index is 0.0447. The Labute approximate surface area is 240 Å². The van der Waals surface area contributed by atoms with Gasteiger partial charge in [-0.05, 0) is 49.4 Å². The lowest BCUT2D eigenvalue weighted by Crippen LogP contribution is -2.36. The predicted molar refractivity (Wildman–Crippen MR) is 154 cm³/mol. The molecule has 40 heavy (non-hydrogen) atoms. The van der Waals surface area contributed by atoms with Crippen molar-refractivity contribution in [3.05, 3.63) is 81.1 Å². The highest BCUT2D eigenvalue weighted by Crippen LogP contribution is 2.41. The zero-order valence-electron chi connectivity index (χ0n) is 23.7. The van der Waals surface area contributed by atoms with Crippen LogP contribution in [0, 0.1) is 22.7 Å². The van der Waals surface area contributed by atoms with Crippen molar-refractivity contribution in [1.29, 1.82) is 10.5 Å². The SMILES string of the molecule is CCOC(=O)C1=C(CSc2nc3c(cc2C#N)CN(C(C)C)CC3)OC(N)=C(C#N)C1c1ccc(C(C)C)cc1. The normalized spacial score (nSPS) is 17.4. The molecule has 2 aliphatic heterocycles. The number of nitriles is 2. The zero-order valence-corrected chi connectivity index (χ0v) is 24.5. The molecule has 0 aliphatic carbocycles. The third-order valence-electron chi connectivity index (χ3n) is 7.28. The van der Waals surface area contributed by atoms with Gasteiger partial charge in [-0.25, -0.2) is 9.78 Å². The van der Waals surface area contributed by atoms with Gasteiger partial charge in [0.05, 0.1) is 29.4 Å². The summed E-state index contributed by atoms with van der Waals surface area (Å²) in [5.41, 5.74) is 11.1. The van der Waals surface area contributed by atoms with Gasteiger partial charge in [-0.1, -0.05) is 49.9 Å². The number of rotatable bonds is 8. The number of esters is 1. The van der Waals surface area contributed by atoms with Crippen molar-refractivity contribution in [2.75, 3.05) is 18.9 Å². The molecule has 208 valence electrons. The van der Waals surface area contributed by atoms with Gasteiger partial charge in [0.2, 0.25) is 5.88 Å². The Kier molecular flexibility index (Phi) is 9.19. The van der Waals surface area contributed by atoms with Crippen LogP contribution in [0.1, 0.15) is 74.4 Å². The Morgan fingerprint density at radius 2 is 1.95 bits per heavy atom. The van der Waals surface area contributed by atoms with E-state index in [0.29, 0.717) is 28.3 Å². The molecule has 2 aromatic rings. The third-order valence-corrected chi connectivity index (χ3v) is 8.28. The van der Waals surface area contributed by atoms with Crippen LogP contribution in [0.4, 0.5) is 0 Å². The fraction of sp³-hybridized carbons (Fsp3) is 0.419. The standard InChI is InChI=1S/C31H35N5O3S/c1-6-38-31(37)28-26(39-29(34)24(15-33)27(28)21-9-7-20(8-10-21)18(2)3)17-40-30-22(14-32)13-23-16-36(19(4)5)12-11-25(23)35-30/h7-10,13,18-19,27H,6,11-12,16-17,34H2,1-5H3. The maximum absolute atomic E-state index is 13.3. The highest BCUT2D eigenvalue weighted by molar-refractivity contribution is 7.99. The van der Waals surface area contributed by atoms with Crippen LogP contribution < -0.4 is 5.73 Å². The Bertz CT molecular complexity index is 1430. The maximum Gasteiger partial charge on any atom is 0.338 e. The van der Waals surface area contributed by atoms with Crippen molar-refractivity contribution in [3.8, 4) is 12.1 Å². The number of aromatic nitrogens is 1. The molecule has 2 N–H and O–H groups in total. The van der Waals surface area contributed by atoms with Gasteiger partial charge >= 0.3 is 5.97 Å². The number of benzene rings is 1. The first-order valence-electron chi connectivity index (χ1n) is 13.6. The van der Waals surface area contributed by atoms with Crippen molar-refractivity contribution in [2.24, 2.45) is 5.73 Å². The zero-order chi connectivity index (χ0) is 29.0. The van der Waals surface area contributed by atoms with Gasteiger partial charge in [-0.15, -0.1) is 0 Å². The summed E-state index contributed by atoms with van der Waals surface area (Å²) in [6, 6.07) is 14.6. The second-order valence-electron chi connectivity index (χ2n) is 10.5. The number of hydrogen-bond acceptors (Lipinski definition) is 9. The van der Waals surface area contributed by atoms with Crippen molar-refractivity contribution in [1.82, 2.24) is 9.88 Å². The highest BCUT2D eigenvalue weighted by Gasteiger charge is 2.38. The fourth-order valence-electron chi connectivity index (χ4n) is 5.00. The number of hydrogen-bond donors (Lipinski definition) is 1. The van der Waals surface area contributed by atoms with Crippen LogP contribution in [0.5, 0.6) is 0 Å². The summed E-state index contributed by atoms with van der Waals surface area (Å²) < 4.78 is 11.3. The Morgan fingerprint density at radius 3 is 2.55 bits per heavy atom. The van der Waals surface area contributed by atoms with Gasteiger partial charge in [-0.3, -0.25) is 4.90 Å². The predicted octanol–water partition coefficient (Wildman–Crippen LogP) is 5.26. The third kappa shape index (κ3) is 6.01. The van der Waals surface area contributed by atoms with Crippen LogP contribution in [0.25, 0.3) is 0 Å². The second-order valence-corrected chi connectivity index (χ2v) is 11.4. The molecule has 1 aromatic heterocycles. The van der Waals surface area contributed by atoms with Gasteiger partial charge in [-0.2, -0.15) is 10.5 Å². The molecule has 1 aromatic carbocycles. The lowest BCUT2D eigenvalue weighted by atomic mass is 9.82. The van der Waals surface area contributed by atoms with E-state index in [0.717, 1.165) is 41.9 Å². The van der Waals surface area contributed by atoms with Crippen LogP contribution in [0.3, 0.4) is 0 Å². The summed E-state index contributed by atoms with van der Waals surface area (Å²) in [6.07, 6.45) is 0.801. The number of nitrogens with zero attached hydrogens (tertiary/aromatic N) is 4. The first-order chi connectivity index (χ1) is 19.2. The van der Waals surface area contributed by atoms with E-state index in [4.69, 9.17) is 20.2 Å². The molecule has 9 heteroatoms. The van der Waals surface area contributed by atoms with Crippen molar-refractivity contribution >= 4 is 17.7 Å². The number of thioether (sulfide) groups is 1. The van der Waals surface area contributed by atoms with Crippen LogP contribution in [-0.2, 0) is 27.2 Å². The quantitative estimate of drug-likeness (QED) is 0.342. The molecule has 3 heterocycles. The first-order valence-corrected chi connectivity index (χ1v) is 14.5. The molecule has 2 aliphatic rings. The fourth-order valence-corrected chi connectivity index (χ4v) is 5.92. The molecule has 0 amide bonds. The average molecular weight is 558 g/mol. The number of fused-ring (bicyclic) bond motifs is 1.